The molecule has 1 aliphatic rings. The first-order chi connectivity index (χ1) is 13.6. The molecule has 1 fully saturated rings. The lowest BCUT2D eigenvalue weighted by molar-refractivity contribution is 0.558. The summed E-state index contributed by atoms with van der Waals surface area (Å²) in [6.07, 6.45) is 4.96. The van der Waals surface area contributed by atoms with Crippen molar-refractivity contribution in [2.75, 3.05) is 0 Å². The molecule has 0 spiro atoms. The summed E-state index contributed by atoms with van der Waals surface area (Å²) in [5.74, 6) is 0. The van der Waals surface area contributed by atoms with E-state index in [1.54, 1.807) is 24.1 Å². The van der Waals surface area contributed by atoms with Crippen LogP contribution >= 0.6 is 0 Å². The second-order valence-corrected chi connectivity index (χ2v) is 9.46. The smallest absolute Gasteiger partial charge is 0.296 e. The number of hydrogen-bond acceptors (Lipinski definition) is 5. The Morgan fingerprint density at radius 2 is 1.97 bits per heavy atom. The second kappa shape index (κ2) is 6.67. The third-order valence-corrected chi connectivity index (χ3v) is 7.00. The molecule has 0 saturated heterocycles. The normalized spacial score (nSPS) is 15.7. The first kappa shape index (κ1) is 19.6. The van der Waals surface area contributed by atoms with Gasteiger partial charge in [0.15, 0.2) is 0 Å². The van der Waals surface area contributed by atoms with Gasteiger partial charge in [-0.1, -0.05) is 0 Å². The lowest BCUT2D eigenvalue weighted by Gasteiger charge is -2.14. The number of nitrogens with zero attached hydrogens (tertiary/aromatic N) is 4. The molecule has 0 amide bonds. The van der Waals surface area contributed by atoms with Crippen molar-refractivity contribution in [3.8, 4) is 0 Å². The predicted octanol–water partition coefficient (Wildman–Crippen LogP) is 0.796. The molecule has 1 aromatic carbocycles. The van der Waals surface area contributed by atoms with E-state index in [0.717, 1.165) is 23.0 Å². The number of rotatable bonds is 6. The number of aryl methyl sites for hydroxylation is 2. The van der Waals surface area contributed by atoms with Crippen LogP contribution in [0.25, 0.3) is 10.9 Å². The lowest BCUT2D eigenvalue weighted by atomic mass is 10.2. The summed E-state index contributed by atoms with van der Waals surface area (Å²) in [6.45, 7) is 4.53. The second-order valence-electron chi connectivity index (χ2n) is 7.78. The molecule has 1 aliphatic carbocycles. The van der Waals surface area contributed by atoms with E-state index in [0.29, 0.717) is 12.1 Å². The first-order valence-corrected chi connectivity index (χ1v) is 10.9. The monoisotopic (exact) mass is 417 g/mol. The van der Waals surface area contributed by atoms with Gasteiger partial charge in [-0.3, -0.25) is 18.6 Å². The Bertz CT molecular complexity index is 1330. The van der Waals surface area contributed by atoms with Crippen molar-refractivity contribution < 1.29 is 8.42 Å². The highest BCUT2D eigenvalue weighted by Gasteiger charge is 2.41. The van der Waals surface area contributed by atoms with Gasteiger partial charge in [0.05, 0.1) is 28.5 Å². The Kier molecular flexibility index (Phi) is 4.50. The van der Waals surface area contributed by atoms with Gasteiger partial charge in [0, 0.05) is 30.9 Å². The van der Waals surface area contributed by atoms with Crippen molar-refractivity contribution in [1.29, 1.82) is 0 Å². The van der Waals surface area contributed by atoms with Crippen LogP contribution in [0, 0.1) is 0 Å². The molecule has 1 saturated carbocycles. The summed E-state index contributed by atoms with van der Waals surface area (Å²) in [7, 11) is -2.19. The fraction of sp³-hybridized carbons (Fsp3) is 0.421. The zero-order chi connectivity index (χ0) is 21.0. The quantitative estimate of drug-likeness (QED) is 0.638. The highest BCUT2D eigenvalue weighted by atomic mass is 32.2. The van der Waals surface area contributed by atoms with Crippen molar-refractivity contribution in [1.82, 2.24) is 23.6 Å². The maximum absolute atomic E-state index is 13.1. The van der Waals surface area contributed by atoms with Crippen LogP contribution in [0.3, 0.4) is 0 Å². The first-order valence-electron chi connectivity index (χ1n) is 9.42. The topological polar surface area (TPSA) is 108 Å². The minimum absolute atomic E-state index is 0.0132. The maximum atomic E-state index is 13.1. The Morgan fingerprint density at radius 3 is 2.59 bits per heavy atom. The van der Waals surface area contributed by atoms with Crippen molar-refractivity contribution in [3.63, 3.8) is 0 Å². The SMILES string of the molecule is CCn1cc(Cn2c(=O)c3cc(S(=O)(=O)NC4(C)CC4)ccc3n(C)c2=O)cn1. The molecule has 3 aromatic rings. The van der Waals surface area contributed by atoms with Gasteiger partial charge in [0.1, 0.15) is 0 Å². The van der Waals surface area contributed by atoms with Crippen LogP contribution in [0.2, 0.25) is 0 Å². The van der Waals surface area contributed by atoms with Gasteiger partial charge in [-0.05, 0) is 44.9 Å². The number of aromatic nitrogens is 4. The molecule has 0 aliphatic heterocycles. The minimum Gasteiger partial charge on any atom is -0.296 e. The minimum atomic E-state index is -3.76. The summed E-state index contributed by atoms with van der Waals surface area (Å²) < 4.78 is 32.3. The average Bonchev–Trinajstić information content (AvgIpc) is 3.22. The molecule has 4 rings (SSSR count). The summed E-state index contributed by atoms with van der Waals surface area (Å²) >= 11 is 0. The molecule has 0 atom stereocenters. The molecule has 2 heterocycles. The number of hydrogen-bond donors (Lipinski definition) is 1. The van der Waals surface area contributed by atoms with E-state index in [2.05, 4.69) is 9.82 Å². The summed E-state index contributed by atoms with van der Waals surface area (Å²) in [5.41, 5.74) is -0.306. The van der Waals surface area contributed by atoms with E-state index in [1.807, 2.05) is 13.8 Å². The van der Waals surface area contributed by atoms with Gasteiger partial charge in [-0.15, -0.1) is 0 Å². The van der Waals surface area contributed by atoms with Crippen molar-refractivity contribution in [3.05, 3.63) is 57.0 Å². The van der Waals surface area contributed by atoms with Crippen LogP contribution in [0.4, 0.5) is 0 Å². The van der Waals surface area contributed by atoms with Gasteiger partial charge in [-0.2, -0.15) is 5.10 Å². The molecule has 29 heavy (non-hydrogen) atoms. The average molecular weight is 417 g/mol. The van der Waals surface area contributed by atoms with Gasteiger partial charge in [0.25, 0.3) is 5.56 Å². The van der Waals surface area contributed by atoms with Crippen LogP contribution < -0.4 is 16.0 Å². The van der Waals surface area contributed by atoms with Crippen LogP contribution in [-0.4, -0.2) is 32.9 Å². The van der Waals surface area contributed by atoms with E-state index < -0.39 is 26.8 Å². The molecule has 0 unspecified atom stereocenters. The highest BCUT2D eigenvalue weighted by molar-refractivity contribution is 7.89. The number of sulfonamides is 1. The van der Waals surface area contributed by atoms with Gasteiger partial charge in [0.2, 0.25) is 10.0 Å². The highest BCUT2D eigenvalue weighted by Crippen LogP contribution is 2.36. The lowest BCUT2D eigenvalue weighted by Crippen LogP contribution is -2.39. The molecule has 10 heteroatoms. The largest absolute Gasteiger partial charge is 0.331 e. The number of nitrogens with one attached hydrogen (secondary N) is 1. The molecule has 154 valence electrons. The third-order valence-electron chi connectivity index (χ3n) is 5.37. The van der Waals surface area contributed by atoms with Gasteiger partial charge >= 0.3 is 5.69 Å². The van der Waals surface area contributed by atoms with Crippen molar-refractivity contribution >= 4 is 20.9 Å². The fourth-order valence-corrected chi connectivity index (χ4v) is 4.81. The van der Waals surface area contributed by atoms with Crippen LogP contribution in [0.1, 0.15) is 32.3 Å². The van der Waals surface area contributed by atoms with E-state index in [-0.39, 0.29) is 16.8 Å². The Morgan fingerprint density at radius 1 is 1.24 bits per heavy atom. The fourth-order valence-electron chi connectivity index (χ4n) is 3.32. The molecule has 9 nitrogen and oxygen atoms in total. The molecule has 1 N–H and O–H groups in total. The Balaban J connectivity index is 1.83. The van der Waals surface area contributed by atoms with E-state index in [4.69, 9.17) is 0 Å². The van der Waals surface area contributed by atoms with E-state index in [9.17, 15) is 18.0 Å². The Hall–Kier alpha value is -2.72. The predicted molar refractivity (Wildman–Crippen MR) is 108 cm³/mol. The molecule has 0 bridgehead atoms. The number of benzene rings is 1. The molecular weight excluding hydrogens is 394 g/mol. The maximum Gasteiger partial charge on any atom is 0.331 e. The standard InChI is InChI=1S/C19H23N5O4S/c1-4-23-11-13(10-20-23)12-24-17(25)15-9-14(5-6-16(15)22(3)18(24)26)29(27,28)21-19(2)7-8-19/h5-6,9-11,21H,4,7-8,12H2,1-3H3. The summed E-state index contributed by atoms with van der Waals surface area (Å²) in [5, 5.41) is 4.35. The van der Waals surface area contributed by atoms with Crippen molar-refractivity contribution in [2.24, 2.45) is 7.05 Å². The summed E-state index contributed by atoms with van der Waals surface area (Å²) in [6, 6.07) is 4.27. The molecular formula is C19H23N5O4S. The van der Waals surface area contributed by atoms with Crippen molar-refractivity contribution in [2.45, 2.75) is 50.2 Å². The third kappa shape index (κ3) is 3.53. The van der Waals surface area contributed by atoms with E-state index >= 15 is 0 Å². The zero-order valence-electron chi connectivity index (χ0n) is 16.5. The van der Waals surface area contributed by atoms with Crippen LogP contribution in [0.5, 0.6) is 0 Å². The van der Waals surface area contributed by atoms with Crippen LogP contribution in [0.15, 0.2) is 45.1 Å². The number of fused-ring (bicyclic) bond motifs is 1. The molecule has 2 aromatic heterocycles. The van der Waals surface area contributed by atoms with E-state index in [1.165, 1.54) is 22.8 Å². The molecule has 0 radical (unpaired) electrons. The van der Waals surface area contributed by atoms with Gasteiger partial charge < -0.3 is 0 Å². The Labute approximate surface area is 167 Å². The summed E-state index contributed by atoms with van der Waals surface area (Å²) in [4.78, 5) is 25.8. The van der Waals surface area contributed by atoms with Crippen LogP contribution in [-0.2, 0) is 30.2 Å². The van der Waals surface area contributed by atoms with Gasteiger partial charge in [-0.25, -0.2) is 17.9 Å². The zero-order valence-corrected chi connectivity index (χ0v) is 17.4.